The Morgan fingerprint density at radius 3 is 2.37 bits per heavy atom. The quantitative estimate of drug-likeness (QED) is 0.0957. The van der Waals surface area contributed by atoms with E-state index in [2.05, 4.69) is 36.1 Å². The number of aliphatic hydroxyl groups is 2. The third-order valence-corrected chi connectivity index (χ3v) is 17.0. The lowest BCUT2D eigenvalue weighted by atomic mass is 9.43. The fourth-order valence-corrected chi connectivity index (χ4v) is 13.7. The lowest BCUT2D eigenvalue weighted by Crippen LogP contribution is -2.58. The first-order valence-electron chi connectivity index (χ1n) is 22.3. The predicted molar refractivity (Wildman–Crippen MR) is 230 cm³/mol. The van der Waals surface area contributed by atoms with Crippen LogP contribution >= 0.6 is 0 Å². The molecule has 6 rings (SSSR count). The zero-order valence-corrected chi connectivity index (χ0v) is 37.0. The number of nitrogens with zero attached hydrogens (tertiary/aromatic N) is 1. The normalized spacial score (nSPS) is 31.3. The average Bonchev–Trinajstić information content (AvgIpc) is 3.55. The number of aliphatic hydroxyl groups excluding tert-OH is 2. The molecular formula is C46H70N4O8S. The number of hydrogen-bond acceptors (Lipinski definition) is 9. The minimum Gasteiger partial charge on any atom is -0.465 e. The summed E-state index contributed by atoms with van der Waals surface area (Å²) in [5.74, 6) is 1.02. The van der Waals surface area contributed by atoms with E-state index in [1.807, 2.05) is 37.2 Å². The van der Waals surface area contributed by atoms with Gasteiger partial charge in [-0.3, -0.25) is 14.4 Å². The third kappa shape index (κ3) is 9.63. The molecule has 0 radical (unpaired) electrons. The summed E-state index contributed by atoms with van der Waals surface area (Å²) in [6.07, 6.45) is 9.40. The van der Waals surface area contributed by atoms with Gasteiger partial charge in [0.05, 0.1) is 23.7 Å². The van der Waals surface area contributed by atoms with Gasteiger partial charge in [-0.05, 0) is 142 Å². The smallest absolute Gasteiger partial charge is 0.325 e. The molecule has 0 saturated heterocycles. The van der Waals surface area contributed by atoms with Gasteiger partial charge >= 0.3 is 5.97 Å². The fraction of sp³-hybridized carbons (Fsp3) is 0.717. The Bertz CT molecular complexity index is 1920. The van der Waals surface area contributed by atoms with E-state index < -0.39 is 27.9 Å². The molecule has 2 aromatic carbocycles. The van der Waals surface area contributed by atoms with Crippen LogP contribution in [0.4, 0.5) is 5.69 Å². The minimum absolute atomic E-state index is 0.0925. The summed E-state index contributed by atoms with van der Waals surface area (Å²) in [7, 11) is 0.000743. The van der Waals surface area contributed by atoms with Crippen LogP contribution in [0.5, 0.6) is 0 Å². The Kier molecular flexibility index (Phi) is 14.4. The Balaban J connectivity index is 1.03. The van der Waals surface area contributed by atoms with Crippen molar-refractivity contribution in [3.8, 4) is 0 Å². The van der Waals surface area contributed by atoms with Crippen molar-refractivity contribution in [1.82, 2.24) is 15.4 Å². The fourth-order valence-electron chi connectivity index (χ4n) is 12.4. The maximum absolute atomic E-state index is 13.5. The van der Waals surface area contributed by atoms with Crippen molar-refractivity contribution in [2.75, 3.05) is 38.7 Å². The molecular weight excluding hydrogens is 769 g/mol. The zero-order valence-electron chi connectivity index (χ0n) is 36.2. The number of ether oxygens (including phenoxy) is 1. The van der Waals surface area contributed by atoms with E-state index in [1.54, 1.807) is 25.1 Å². The Morgan fingerprint density at radius 2 is 1.63 bits per heavy atom. The van der Waals surface area contributed by atoms with Gasteiger partial charge in [0.1, 0.15) is 12.6 Å². The number of benzene rings is 2. The first-order chi connectivity index (χ1) is 28.0. The van der Waals surface area contributed by atoms with Gasteiger partial charge in [-0.25, -0.2) is 13.1 Å². The van der Waals surface area contributed by atoms with Crippen molar-refractivity contribution >= 4 is 44.3 Å². The van der Waals surface area contributed by atoms with Crippen LogP contribution in [-0.2, 0) is 29.1 Å². The van der Waals surface area contributed by atoms with E-state index in [-0.39, 0.29) is 78.2 Å². The summed E-state index contributed by atoms with van der Waals surface area (Å²) in [6.45, 7) is 8.83. The van der Waals surface area contributed by atoms with Gasteiger partial charge in [-0.1, -0.05) is 45.0 Å². The van der Waals surface area contributed by atoms with E-state index in [0.29, 0.717) is 48.3 Å². The molecule has 4 aliphatic rings. The summed E-state index contributed by atoms with van der Waals surface area (Å²) in [4.78, 5) is 41.0. The van der Waals surface area contributed by atoms with Gasteiger partial charge < -0.3 is 30.5 Å². The predicted octanol–water partition coefficient (Wildman–Crippen LogP) is 5.93. The highest BCUT2D eigenvalue weighted by atomic mass is 32.2. The lowest BCUT2D eigenvalue weighted by Gasteiger charge is -2.62. The first kappa shape index (κ1) is 45.3. The molecule has 11 atom stereocenters. The minimum atomic E-state index is -3.83. The molecule has 0 aromatic heterocycles. The standard InChI is InChI=1S/C46H70N4O8S/c1-7-58-42(54)28-47-44(55)37(14-8-9-25-48-59(56,57)40-16-11-12-32-33(40)13-10-15-38(32)50(5)6)49-41(53)20-17-29(2)34-18-19-35-43-36(22-24-46(34,35)4)45(3)23-21-31(51)26-30(45)27-39(43)52/h10-13,15-16,29-31,34-37,39,43,48,51-52H,7-9,14,17-28H2,1-6H3,(H,47,55)(H,49,53)/t29-,30?,31-,34?,35?,36?,37+,39+,43?,45+,46-/m1/s1. The van der Waals surface area contributed by atoms with Crippen LogP contribution in [-0.4, -0.2) is 88.5 Å². The summed E-state index contributed by atoms with van der Waals surface area (Å²) in [5.41, 5.74) is 1.19. The van der Waals surface area contributed by atoms with Gasteiger partial charge in [0, 0.05) is 43.5 Å². The molecule has 12 nitrogen and oxygen atoms in total. The van der Waals surface area contributed by atoms with Crippen molar-refractivity contribution in [3.05, 3.63) is 36.4 Å². The van der Waals surface area contributed by atoms with Crippen LogP contribution in [0.15, 0.2) is 41.3 Å². The summed E-state index contributed by atoms with van der Waals surface area (Å²) < 4.78 is 34.6. The average molecular weight is 839 g/mol. The number of unbranched alkanes of at least 4 members (excludes halogenated alkanes) is 1. The second kappa shape index (κ2) is 18.8. The van der Waals surface area contributed by atoms with Crippen LogP contribution in [0.1, 0.15) is 111 Å². The number of sulfonamides is 1. The maximum Gasteiger partial charge on any atom is 0.325 e. The second-order valence-corrected chi connectivity index (χ2v) is 20.8. The van der Waals surface area contributed by atoms with E-state index in [1.165, 1.54) is 0 Å². The van der Waals surface area contributed by atoms with Crippen LogP contribution in [0, 0.1) is 46.3 Å². The molecule has 0 aliphatic heterocycles. The van der Waals surface area contributed by atoms with Crippen molar-refractivity contribution in [2.45, 2.75) is 134 Å². The van der Waals surface area contributed by atoms with Crippen LogP contribution < -0.4 is 20.3 Å². The highest BCUT2D eigenvalue weighted by Crippen LogP contribution is 2.68. The van der Waals surface area contributed by atoms with Gasteiger partial charge in [0.2, 0.25) is 21.8 Å². The molecule has 2 amide bonds. The molecule has 4 fully saturated rings. The van der Waals surface area contributed by atoms with Gasteiger partial charge in [0.25, 0.3) is 0 Å². The molecule has 59 heavy (non-hydrogen) atoms. The third-order valence-electron chi connectivity index (χ3n) is 15.4. The number of amides is 2. The Labute approximate surface area is 352 Å². The zero-order chi connectivity index (χ0) is 42.7. The van der Waals surface area contributed by atoms with Crippen molar-refractivity contribution in [2.24, 2.45) is 46.3 Å². The number of carbonyl (C=O) groups is 3. The van der Waals surface area contributed by atoms with Crippen LogP contribution in [0.2, 0.25) is 0 Å². The largest absolute Gasteiger partial charge is 0.465 e. The monoisotopic (exact) mass is 838 g/mol. The number of rotatable bonds is 17. The van der Waals surface area contributed by atoms with Crippen molar-refractivity contribution in [3.63, 3.8) is 0 Å². The molecule has 328 valence electrons. The number of fused-ring (bicyclic) bond motifs is 6. The van der Waals surface area contributed by atoms with Crippen molar-refractivity contribution < 1.29 is 37.8 Å². The second-order valence-electron chi connectivity index (χ2n) is 19.0. The topological polar surface area (TPSA) is 174 Å². The first-order valence-corrected chi connectivity index (χ1v) is 23.8. The van der Waals surface area contributed by atoms with Crippen LogP contribution in [0.3, 0.4) is 0 Å². The number of hydrogen-bond donors (Lipinski definition) is 5. The van der Waals surface area contributed by atoms with E-state index >= 15 is 0 Å². The molecule has 5 N–H and O–H groups in total. The highest BCUT2D eigenvalue weighted by Gasteiger charge is 2.62. The SMILES string of the molecule is CCOC(=O)CNC(=O)[C@H](CCCCNS(=O)(=O)c1cccc2c(N(C)C)cccc12)NC(=O)CC[C@@H](C)C1CCC2C3C(CC[C@@]21C)[C@@]1(C)CC[C@@H](O)CC1C[C@@H]3O. The molecule has 2 aromatic rings. The Hall–Kier alpha value is -3.26. The summed E-state index contributed by atoms with van der Waals surface area (Å²) >= 11 is 0. The van der Waals surface area contributed by atoms with Gasteiger partial charge in [-0.15, -0.1) is 0 Å². The highest BCUT2D eigenvalue weighted by molar-refractivity contribution is 7.89. The maximum atomic E-state index is 13.5. The van der Waals surface area contributed by atoms with E-state index in [9.17, 15) is 33.0 Å². The molecule has 0 heterocycles. The molecule has 4 saturated carbocycles. The van der Waals surface area contributed by atoms with Gasteiger partial charge in [0.15, 0.2) is 0 Å². The van der Waals surface area contributed by atoms with E-state index in [0.717, 1.165) is 62.4 Å². The number of nitrogens with one attached hydrogen (secondary N) is 3. The molecule has 5 unspecified atom stereocenters. The molecule has 0 spiro atoms. The summed E-state index contributed by atoms with van der Waals surface area (Å²) in [6, 6.07) is 9.94. The number of anilines is 1. The molecule has 4 aliphatic carbocycles. The molecule has 0 bridgehead atoms. The number of esters is 1. The Morgan fingerprint density at radius 1 is 0.915 bits per heavy atom. The number of carbonyl (C=O) groups excluding carboxylic acids is 3. The summed E-state index contributed by atoms with van der Waals surface area (Å²) in [5, 5.41) is 29.1. The van der Waals surface area contributed by atoms with Crippen LogP contribution in [0.25, 0.3) is 10.8 Å². The van der Waals surface area contributed by atoms with E-state index in [4.69, 9.17) is 4.74 Å². The van der Waals surface area contributed by atoms with Crippen molar-refractivity contribution in [1.29, 1.82) is 0 Å². The lowest BCUT2D eigenvalue weighted by molar-refractivity contribution is -0.174. The van der Waals surface area contributed by atoms with Gasteiger partial charge in [-0.2, -0.15) is 0 Å². The molecule has 13 heteroatoms.